The minimum Gasteiger partial charge on any atom is -0.361 e. The van der Waals surface area contributed by atoms with Crippen LogP contribution in [-0.4, -0.2) is 47.0 Å². The van der Waals surface area contributed by atoms with Crippen LogP contribution in [-0.2, 0) is 11.3 Å². The van der Waals surface area contributed by atoms with E-state index >= 15 is 0 Å². The van der Waals surface area contributed by atoms with E-state index in [0.29, 0.717) is 6.42 Å². The van der Waals surface area contributed by atoms with Crippen LogP contribution in [0, 0.1) is 13.8 Å². The molecule has 0 unspecified atom stereocenters. The van der Waals surface area contributed by atoms with E-state index in [4.69, 9.17) is 4.52 Å². The second-order valence-electron chi connectivity index (χ2n) is 4.81. The molecule has 1 saturated heterocycles. The maximum Gasteiger partial charge on any atom is 0.222 e. The molecular weight excluding hydrogens is 230 g/mol. The molecular formula is C13H21N3O2. The highest BCUT2D eigenvalue weighted by Crippen LogP contribution is 2.16. The lowest BCUT2D eigenvalue weighted by Gasteiger charge is -2.34. The van der Waals surface area contributed by atoms with Gasteiger partial charge in [-0.1, -0.05) is 12.1 Å². The van der Waals surface area contributed by atoms with E-state index in [1.165, 1.54) is 5.56 Å². The highest BCUT2D eigenvalue weighted by atomic mass is 16.5. The van der Waals surface area contributed by atoms with Crippen LogP contribution in [0.4, 0.5) is 0 Å². The number of amides is 1. The second-order valence-corrected chi connectivity index (χ2v) is 4.81. The summed E-state index contributed by atoms with van der Waals surface area (Å²) in [5.41, 5.74) is 2.16. The van der Waals surface area contributed by atoms with Crippen molar-refractivity contribution in [3.8, 4) is 0 Å². The quantitative estimate of drug-likeness (QED) is 0.813. The summed E-state index contributed by atoms with van der Waals surface area (Å²) in [6.45, 7) is 10.2. The molecule has 0 N–H and O–H groups in total. The third kappa shape index (κ3) is 2.72. The van der Waals surface area contributed by atoms with Gasteiger partial charge < -0.3 is 9.42 Å². The van der Waals surface area contributed by atoms with E-state index in [0.717, 1.165) is 44.2 Å². The normalized spacial score (nSPS) is 17.2. The molecule has 1 fully saturated rings. The molecule has 1 aromatic rings. The first-order chi connectivity index (χ1) is 8.61. The summed E-state index contributed by atoms with van der Waals surface area (Å²) in [6.07, 6.45) is 0.601. The standard InChI is InChI=1S/C13H21N3O2/c1-4-13(17)16-7-5-15(6-8-16)9-12-10(2)14-18-11(12)3/h4-9H2,1-3H3. The molecule has 18 heavy (non-hydrogen) atoms. The Labute approximate surface area is 108 Å². The van der Waals surface area contributed by atoms with Gasteiger partial charge in [-0.05, 0) is 13.8 Å². The van der Waals surface area contributed by atoms with Gasteiger partial charge in [-0.3, -0.25) is 9.69 Å². The lowest BCUT2D eigenvalue weighted by Crippen LogP contribution is -2.48. The molecule has 2 rings (SSSR count). The molecule has 1 aliphatic heterocycles. The van der Waals surface area contributed by atoms with Crippen molar-refractivity contribution in [3.05, 3.63) is 17.0 Å². The number of aromatic nitrogens is 1. The molecule has 2 heterocycles. The van der Waals surface area contributed by atoms with Gasteiger partial charge in [-0.2, -0.15) is 0 Å². The molecule has 0 aliphatic carbocycles. The maximum absolute atomic E-state index is 11.6. The molecule has 1 aromatic heterocycles. The summed E-state index contributed by atoms with van der Waals surface area (Å²) < 4.78 is 5.17. The van der Waals surface area contributed by atoms with Crippen molar-refractivity contribution < 1.29 is 9.32 Å². The Kier molecular flexibility index (Phi) is 4.01. The van der Waals surface area contributed by atoms with Crippen LogP contribution in [0.25, 0.3) is 0 Å². The predicted octanol–water partition coefficient (Wildman–Crippen LogP) is 1.35. The van der Waals surface area contributed by atoms with Crippen molar-refractivity contribution in [2.45, 2.75) is 33.7 Å². The highest BCUT2D eigenvalue weighted by Gasteiger charge is 2.21. The maximum atomic E-state index is 11.6. The van der Waals surface area contributed by atoms with Crippen molar-refractivity contribution in [3.63, 3.8) is 0 Å². The van der Waals surface area contributed by atoms with Crippen molar-refractivity contribution >= 4 is 5.91 Å². The summed E-state index contributed by atoms with van der Waals surface area (Å²) in [7, 11) is 0. The smallest absolute Gasteiger partial charge is 0.222 e. The van der Waals surface area contributed by atoms with E-state index in [1.54, 1.807) is 0 Å². The minimum absolute atomic E-state index is 0.256. The summed E-state index contributed by atoms with van der Waals surface area (Å²) in [4.78, 5) is 15.9. The number of carbonyl (C=O) groups excluding carboxylic acids is 1. The molecule has 0 aromatic carbocycles. The van der Waals surface area contributed by atoms with Crippen molar-refractivity contribution in [2.24, 2.45) is 0 Å². The van der Waals surface area contributed by atoms with E-state index < -0.39 is 0 Å². The van der Waals surface area contributed by atoms with Crippen molar-refractivity contribution in [2.75, 3.05) is 26.2 Å². The molecule has 0 atom stereocenters. The van der Waals surface area contributed by atoms with Crippen molar-refractivity contribution in [1.82, 2.24) is 15.0 Å². The van der Waals surface area contributed by atoms with Gasteiger partial charge in [0.15, 0.2) is 0 Å². The average Bonchev–Trinajstić information content (AvgIpc) is 2.70. The Balaban J connectivity index is 1.89. The van der Waals surface area contributed by atoms with Crippen LogP contribution in [0.2, 0.25) is 0 Å². The molecule has 5 heteroatoms. The second kappa shape index (κ2) is 5.52. The van der Waals surface area contributed by atoms with Gasteiger partial charge in [-0.25, -0.2) is 0 Å². The zero-order valence-corrected chi connectivity index (χ0v) is 11.4. The molecule has 0 bridgehead atoms. The molecule has 1 amide bonds. The number of rotatable bonds is 3. The van der Waals surface area contributed by atoms with Gasteiger partial charge >= 0.3 is 0 Å². The van der Waals surface area contributed by atoms with E-state index in [2.05, 4.69) is 10.1 Å². The SMILES string of the molecule is CCC(=O)N1CCN(Cc2c(C)noc2C)CC1. The lowest BCUT2D eigenvalue weighted by atomic mass is 10.1. The first kappa shape index (κ1) is 13.1. The van der Waals surface area contributed by atoms with Crippen LogP contribution in [0.3, 0.4) is 0 Å². The number of hydrogen-bond acceptors (Lipinski definition) is 4. The van der Waals surface area contributed by atoms with Gasteiger partial charge in [0.25, 0.3) is 0 Å². The van der Waals surface area contributed by atoms with Gasteiger partial charge in [0.2, 0.25) is 5.91 Å². The molecule has 5 nitrogen and oxygen atoms in total. The first-order valence-corrected chi connectivity index (χ1v) is 6.53. The Morgan fingerprint density at radius 1 is 1.28 bits per heavy atom. The number of carbonyl (C=O) groups is 1. The Morgan fingerprint density at radius 2 is 1.94 bits per heavy atom. The largest absolute Gasteiger partial charge is 0.361 e. The summed E-state index contributed by atoms with van der Waals surface area (Å²) in [6, 6.07) is 0. The number of piperazine rings is 1. The fraction of sp³-hybridized carbons (Fsp3) is 0.692. The molecule has 1 aliphatic rings. The number of nitrogens with zero attached hydrogens (tertiary/aromatic N) is 3. The Morgan fingerprint density at radius 3 is 2.44 bits per heavy atom. The van der Waals surface area contributed by atoms with Crippen LogP contribution < -0.4 is 0 Å². The topological polar surface area (TPSA) is 49.6 Å². The zero-order chi connectivity index (χ0) is 13.1. The van der Waals surface area contributed by atoms with Crippen LogP contribution in [0.15, 0.2) is 4.52 Å². The van der Waals surface area contributed by atoms with Gasteiger partial charge in [0, 0.05) is 44.7 Å². The van der Waals surface area contributed by atoms with E-state index in [1.807, 2.05) is 25.7 Å². The van der Waals surface area contributed by atoms with Gasteiger partial charge in [-0.15, -0.1) is 0 Å². The molecule has 0 radical (unpaired) electrons. The highest BCUT2D eigenvalue weighted by molar-refractivity contribution is 5.75. The Bertz CT molecular complexity index is 400. The van der Waals surface area contributed by atoms with Crippen LogP contribution in [0.1, 0.15) is 30.4 Å². The van der Waals surface area contributed by atoms with Crippen LogP contribution in [0.5, 0.6) is 0 Å². The number of aryl methyl sites for hydroxylation is 2. The summed E-state index contributed by atoms with van der Waals surface area (Å²) in [5, 5.41) is 3.97. The van der Waals surface area contributed by atoms with Gasteiger partial charge in [0.1, 0.15) is 5.76 Å². The Hall–Kier alpha value is -1.36. The van der Waals surface area contributed by atoms with E-state index in [-0.39, 0.29) is 5.91 Å². The molecule has 0 spiro atoms. The lowest BCUT2D eigenvalue weighted by molar-refractivity contribution is -0.132. The van der Waals surface area contributed by atoms with Crippen LogP contribution >= 0.6 is 0 Å². The van der Waals surface area contributed by atoms with Crippen molar-refractivity contribution in [1.29, 1.82) is 0 Å². The third-order valence-corrected chi connectivity index (χ3v) is 3.59. The minimum atomic E-state index is 0.256. The van der Waals surface area contributed by atoms with Gasteiger partial charge in [0.05, 0.1) is 5.69 Å². The number of hydrogen-bond donors (Lipinski definition) is 0. The molecule has 0 saturated carbocycles. The predicted molar refractivity (Wildman–Crippen MR) is 68.1 cm³/mol. The third-order valence-electron chi connectivity index (χ3n) is 3.59. The average molecular weight is 251 g/mol. The summed E-state index contributed by atoms with van der Waals surface area (Å²) >= 11 is 0. The van der Waals surface area contributed by atoms with E-state index in [9.17, 15) is 4.79 Å². The summed E-state index contributed by atoms with van der Waals surface area (Å²) in [5.74, 6) is 1.16. The monoisotopic (exact) mass is 251 g/mol. The first-order valence-electron chi connectivity index (χ1n) is 6.53. The fourth-order valence-electron chi connectivity index (χ4n) is 2.33. The zero-order valence-electron chi connectivity index (χ0n) is 11.4. The fourth-order valence-corrected chi connectivity index (χ4v) is 2.33. The molecule has 100 valence electrons.